The van der Waals surface area contributed by atoms with Crippen molar-refractivity contribution in [1.29, 1.82) is 0 Å². The van der Waals surface area contributed by atoms with E-state index in [1.54, 1.807) is 7.11 Å². The summed E-state index contributed by atoms with van der Waals surface area (Å²) in [6.07, 6.45) is -0.653. The van der Waals surface area contributed by atoms with Gasteiger partial charge in [0, 0.05) is 5.56 Å². The van der Waals surface area contributed by atoms with E-state index in [-0.39, 0.29) is 5.78 Å². The smallest absolute Gasteiger partial charge is 0.219 e. The van der Waals surface area contributed by atoms with E-state index in [0.717, 1.165) is 16.5 Å². The summed E-state index contributed by atoms with van der Waals surface area (Å²) >= 11 is 0. The maximum atomic E-state index is 13.3. The summed E-state index contributed by atoms with van der Waals surface area (Å²) in [5.74, 6) is 0.724. The number of carbonyl (C=O) groups is 1. The van der Waals surface area contributed by atoms with Crippen LogP contribution >= 0.6 is 0 Å². The van der Waals surface area contributed by atoms with Gasteiger partial charge < -0.3 is 9.16 Å². The zero-order valence-corrected chi connectivity index (χ0v) is 16.9. The summed E-state index contributed by atoms with van der Waals surface area (Å²) in [5.41, 5.74) is 1.48. The highest BCUT2D eigenvalue weighted by Gasteiger charge is 2.33. The topological polar surface area (TPSA) is 35.5 Å². The van der Waals surface area contributed by atoms with E-state index in [0.29, 0.717) is 5.56 Å². The molecule has 0 saturated carbocycles. The predicted molar refractivity (Wildman–Crippen MR) is 111 cm³/mol. The summed E-state index contributed by atoms with van der Waals surface area (Å²) in [4.78, 5) is 13.3. The average molecular weight is 377 g/mol. The molecule has 1 atom stereocenters. The zero-order chi connectivity index (χ0) is 19.3. The van der Waals surface area contributed by atoms with Crippen LogP contribution in [0.4, 0.5) is 0 Å². The van der Waals surface area contributed by atoms with Crippen LogP contribution in [0.3, 0.4) is 0 Å². The van der Waals surface area contributed by atoms with Gasteiger partial charge in [-0.05, 0) is 36.0 Å². The molecule has 0 spiro atoms. The van der Waals surface area contributed by atoms with E-state index in [2.05, 4.69) is 25.2 Å². The van der Waals surface area contributed by atoms with Crippen LogP contribution in [-0.2, 0) is 4.43 Å². The first-order valence-corrected chi connectivity index (χ1v) is 11.9. The van der Waals surface area contributed by atoms with Crippen LogP contribution in [-0.4, -0.2) is 21.2 Å². The van der Waals surface area contributed by atoms with Gasteiger partial charge >= 0.3 is 0 Å². The van der Waals surface area contributed by atoms with Crippen molar-refractivity contribution in [3.05, 3.63) is 96.1 Å². The quantitative estimate of drug-likeness (QED) is 0.441. The van der Waals surface area contributed by atoms with Crippen molar-refractivity contribution in [3.63, 3.8) is 0 Å². The molecule has 0 bridgehead atoms. The van der Waals surface area contributed by atoms with Crippen LogP contribution < -0.4 is 9.92 Å². The monoisotopic (exact) mass is 376 g/mol. The number of rotatable bonds is 7. The highest BCUT2D eigenvalue weighted by molar-refractivity contribution is 6.84. The second-order valence-electron chi connectivity index (χ2n) is 6.88. The fourth-order valence-electron chi connectivity index (χ4n) is 3.01. The van der Waals surface area contributed by atoms with Crippen molar-refractivity contribution >= 4 is 19.3 Å². The van der Waals surface area contributed by atoms with Crippen LogP contribution in [0.2, 0.25) is 13.1 Å². The van der Waals surface area contributed by atoms with Crippen LogP contribution in [0.5, 0.6) is 5.75 Å². The van der Waals surface area contributed by atoms with Gasteiger partial charge in [0.25, 0.3) is 0 Å². The maximum absolute atomic E-state index is 13.3. The molecule has 0 aliphatic heterocycles. The van der Waals surface area contributed by atoms with Gasteiger partial charge in [0.05, 0.1) is 7.11 Å². The van der Waals surface area contributed by atoms with Crippen molar-refractivity contribution in [2.24, 2.45) is 0 Å². The number of methoxy groups -OCH3 is 1. The predicted octanol–water partition coefficient (Wildman–Crippen LogP) is 4.75. The van der Waals surface area contributed by atoms with E-state index >= 15 is 0 Å². The average Bonchev–Trinajstić information content (AvgIpc) is 2.73. The second-order valence-corrected chi connectivity index (χ2v) is 10.7. The molecule has 27 heavy (non-hydrogen) atoms. The Morgan fingerprint density at radius 2 is 1.37 bits per heavy atom. The first-order chi connectivity index (χ1) is 13.0. The van der Waals surface area contributed by atoms with Crippen molar-refractivity contribution < 1.29 is 14.0 Å². The Bertz CT molecular complexity index is 875. The molecule has 0 heterocycles. The molecule has 0 aliphatic rings. The lowest BCUT2D eigenvalue weighted by Gasteiger charge is -2.29. The van der Waals surface area contributed by atoms with Gasteiger partial charge in [-0.25, -0.2) is 0 Å². The molecule has 4 heteroatoms. The van der Waals surface area contributed by atoms with Gasteiger partial charge in [0.1, 0.15) is 11.9 Å². The molecule has 3 nitrogen and oxygen atoms in total. The fourth-order valence-corrected chi connectivity index (χ4v) is 4.97. The molecule has 1 unspecified atom stereocenters. The van der Waals surface area contributed by atoms with Gasteiger partial charge in [-0.1, -0.05) is 72.8 Å². The Balaban J connectivity index is 1.97. The molecule has 3 aromatic carbocycles. The highest BCUT2D eigenvalue weighted by atomic mass is 28.4. The lowest BCUT2D eigenvalue weighted by atomic mass is 10.00. The van der Waals surface area contributed by atoms with Gasteiger partial charge in [0.15, 0.2) is 5.78 Å². The van der Waals surface area contributed by atoms with Crippen molar-refractivity contribution in [2.75, 3.05) is 7.11 Å². The molecule has 3 aromatic rings. The third kappa shape index (κ3) is 4.53. The Hall–Kier alpha value is -2.69. The van der Waals surface area contributed by atoms with E-state index in [1.807, 2.05) is 72.8 Å². The number of carbonyl (C=O) groups excluding carboxylic acids is 1. The molecule has 0 N–H and O–H groups in total. The summed E-state index contributed by atoms with van der Waals surface area (Å²) in [6, 6.07) is 27.0. The number of hydrogen-bond acceptors (Lipinski definition) is 3. The molecule has 0 amide bonds. The largest absolute Gasteiger partial charge is 0.497 e. The molecule has 0 aliphatic carbocycles. The first-order valence-electron chi connectivity index (χ1n) is 8.98. The Morgan fingerprint density at radius 1 is 0.815 bits per heavy atom. The number of hydrogen-bond donors (Lipinski definition) is 0. The third-order valence-electron chi connectivity index (χ3n) is 4.60. The first kappa shape index (κ1) is 19.1. The minimum atomic E-state index is -2.29. The van der Waals surface area contributed by atoms with Gasteiger partial charge in [-0.2, -0.15) is 0 Å². The molecule has 0 radical (unpaired) electrons. The number of ketones is 1. The summed E-state index contributed by atoms with van der Waals surface area (Å²) in [6.45, 7) is 4.24. The van der Waals surface area contributed by atoms with Gasteiger partial charge in [0.2, 0.25) is 8.32 Å². The lowest BCUT2D eigenvalue weighted by Crippen LogP contribution is -2.46. The molecule has 0 fully saturated rings. The van der Waals surface area contributed by atoms with E-state index in [9.17, 15) is 4.79 Å². The second kappa shape index (κ2) is 8.33. The standard InChI is InChI=1S/C23H24O3Si/c1-25-20-16-14-19(15-17-20)23(22(24)18-10-6-4-7-11-18)26-27(2,3)21-12-8-5-9-13-21/h4-17,23H,1-3H3. The van der Waals surface area contributed by atoms with Crippen molar-refractivity contribution in [2.45, 2.75) is 19.2 Å². The number of benzene rings is 3. The van der Waals surface area contributed by atoms with Crippen molar-refractivity contribution in [3.8, 4) is 5.75 Å². The lowest BCUT2D eigenvalue weighted by molar-refractivity contribution is 0.0783. The van der Waals surface area contributed by atoms with E-state index in [4.69, 9.17) is 9.16 Å². The van der Waals surface area contributed by atoms with Crippen LogP contribution in [0.25, 0.3) is 0 Å². The van der Waals surface area contributed by atoms with Crippen LogP contribution in [0, 0.1) is 0 Å². The van der Waals surface area contributed by atoms with Crippen LogP contribution in [0.1, 0.15) is 22.0 Å². The van der Waals surface area contributed by atoms with Gasteiger partial charge in [-0.3, -0.25) is 4.79 Å². The SMILES string of the molecule is COc1ccc(C(O[Si](C)(C)c2ccccc2)C(=O)c2ccccc2)cc1. The molecular formula is C23H24O3Si. The minimum absolute atomic E-state index is 0.0303. The van der Waals surface area contributed by atoms with Crippen LogP contribution in [0.15, 0.2) is 84.9 Å². The normalized spacial score (nSPS) is 12.4. The zero-order valence-electron chi connectivity index (χ0n) is 15.9. The number of Topliss-reactive ketones (excluding diaryl/α,β-unsaturated/α-hetero) is 1. The van der Waals surface area contributed by atoms with E-state index < -0.39 is 14.4 Å². The van der Waals surface area contributed by atoms with Crippen molar-refractivity contribution in [1.82, 2.24) is 0 Å². The summed E-state index contributed by atoms with van der Waals surface area (Å²) in [7, 11) is -0.666. The summed E-state index contributed by atoms with van der Waals surface area (Å²) in [5, 5.41) is 1.16. The Labute approximate surface area is 161 Å². The molecule has 0 aromatic heterocycles. The third-order valence-corrected chi connectivity index (χ3v) is 7.15. The Morgan fingerprint density at radius 3 is 1.93 bits per heavy atom. The fraction of sp³-hybridized carbons (Fsp3) is 0.174. The molecular weight excluding hydrogens is 352 g/mol. The summed E-state index contributed by atoms with van der Waals surface area (Å²) < 4.78 is 11.8. The highest BCUT2D eigenvalue weighted by Crippen LogP contribution is 2.28. The van der Waals surface area contributed by atoms with Gasteiger partial charge in [-0.15, -0.1) is 0 Å². The molecule has 3 rings (SSSR count). The molecule has 138 valence electrons. The number of ether oxygens (including phenoxy) is 1. The van der Waals surface area contributed by atoms with E-state index in [1.165, 1.54) is 0 Å². The Kier molecular flexibility index (Phi) is 5.89. The molecule has 0 saturated heterocycles. The minimum Gasteiger partial charge on any atom is -0.497 e. The maximum Gasteiger partial charge on any atom is 0.219 e.